The normalized spacial score (nSPS) is 19.3. The number of hydrogen-bond donors (Lipinski definition) is 0. The molecule has 1 atom stereocenters. The molecule has 2 nitrogen and oxygen atoms in total. The van der Waals surface area contributed by atoms with Gasteiger partial charge in [-0.05, 0) is 30.2 Å². The van der Waals surface area contributed by atoms with E-state index in [0.29, 0.717) is 12.0 Å². The number of esters is 1. The van der Waals surface area contributed by atoms with E-state index in [4.69, 9.17) is 4.74 Å². The van der Waals surface area contributed by atoms with Gasteiger partial charge in [-0.2, -0.15) is 0 Å². The number of carbonyl (C=O) groups excluding carboxylic acids is 1. The quantitative estimate of drug-likeness (QED) is 0.726. The summed E-state index contributed by atoms with van der Waals surface area (Å²) in [4.78, 5) is 12.1. The topological polar surface area (TPSA) is 26.3 Å². The van der Waals surface area contributed by atoms with Crippen LogP contribution in [0.1, 0.15) is 57.9 Å². The Balaban J connectivity index is 1.79. The minimum Gasteiger partial charge on any atom is -0.461 e. The van der Waals surface area contributed by atoms with Gasteiger partial charge in [-0.1, -0.05) is 63.4 Å². The van der Waals surface area contributed by atoms with Crippen molar-refractivity contribution in [2.24, 2.45) is 11.3 Å². The van der Waals surface area contributed by atoms with Gasteiger partial charge in [0.15, 0.2) is 0 Å². The van der Waals surface area contributed by atoms with E-state index in [0.717, 1.165) is 12.0 Å². The Morgan fingerprint density at radius 1 is 1.20 bits per heavy atom. The van der Waals surface area contributed by atoms with E-state index in [9.17, 15) is 4.79 Å². The zero-order valence-electron chi connectivity index (χ0n) is 12.7. The maximum atomic E-state index is 12.1. The Hall–Kier alpha value is -1.31. The molecule has 1 aromatic carbocycles. The van der Waals surface area contributed by atoms with Crippen LogP contribution in [0.5, 0.6) is 0 Å². The van der Waals surface area contributed by atoms with Crippen molar-refractivity contribution in [3.63, 3.8) is 0 Å². The Kier molecular flexibility index (Phi) is 5.22. The van der Waals surface area contributed by atoms with Gasteiger partial charge in [0.1, 0.15) is 6.61 Å². The van der Waals surface area contributed by atoms with Gasteiger partial charge in [0.2, 0.25) is 0 Å². The summed E-state index contributed by atoms with van der Waals surface area (Å²) in [5.74, 6) is -0.0533. The van der Waals surface area contributed by atoms with E-state index < -0.39 is 0 Å². The molecule has 1 fully saturated rings. The molecule has 1 aliphatic rings. The van der Waals surface area contributed by atoms with Crippen molar-refractivity contribution in [1.29, 1.82) is 0 Å². The minimum absolute atomic E-state index is 0.00168. The van der Waals surface area contributed by atoms with Crippen LogP contribution in [0.2, 0.25) is 0 Å². The molecule has 0 radical (unpaired) electrons. The monoisotopic (exact) mass is 274 g/mol. The lowest BCUT2D eigenvalue weighted by Crippen LogP contribution is -2.27. The van der Waals surface area contributed by atoms with Gasteiger partial charge in [0, 0.05) is 0 Å². The number of benzene rings is 1. The highest BCUT2D eigenvalue weighted by Crippen LogP contribution is 2.41. The summed E-state index contributed by atoms with van der Waals surface area (Å²) in [6.07, 6.45) is 7.43. The third kappa shape index (κ3) is 4.36. The second-order valence-corrected chi connectivity index (χ2v) is 6.57. The second kappa shape index (κ2) is 6.92. The first-order chi connectivity index (χ1) is 9.59. The Morgan fingerprint density at radius 2 is 1.85 bits per heavy atom. The standard InChI is InChI=1S/C18H26O2/c1-15(13-18(2)11-7-4-8-12-18)17(19)20-14-16-9-5-3-6-10-16/h3,5-6,9-10,15H,4,7-8,11-14H2,1-2H3/t15-/m0/s1. The average Bonchev–Trinajstić information content (AvgIpc) is 2.46. The zero-order valence-corrected chi connectivity index (χ0v) is 12.7. The maximum Gasteiger partial charge on any atom is 0.309 e. The first kappa shape index (κ1) is 15.1. The molecule has 2 rings (SSSR count). The molecule has 1 aromatic rings. The van der Waals surface area contributed by atoms with Crippen LogP contribution in [0.3, 0.4) is 0 Å². The Bertz CT molecular complexity index is 418. The fourth-order valence-corrected chi connectivity index (χ4v) is 3.30. The first-order valence-electron chi connectivity index (χ1n) is 7.80. The van der Waals surface area contributed by atoms with Gasteiger partial charge in [-0.25, -0.2) is 0 Å². The molecule has 2 heteroatoms. The van der Waals surface area contributed by atoms with Crippen LogP contribution in [-0.2, 0) is 16.1 Å². The van der Waals surface area contributed by atoms with Gasteiger partial charge in [-0.3, -0.25) is 4.79 Å². The van der Waals surface area contributed by atoms with Gasteiger partial charge in [-0.15, -0.1) is 0 Å². The molecule has 0 unspecified atom stereocenters. The number of carbonyl (C=O) groups is 1. The number of ether oxygens (including phenoxy) is 1. The number of hydrogen-bond acceptors (Lipinski definition) is 2. The second-order valence-electron chi connectivity index (χ2n) is 6.57. The molecule has 20 heavy (non-hydrogen) atoms. The molecule has 0 saturated heterocycles. The third-order valence-corrected chi connectivity index (χ3v) is 4.49. The van der Waals surface area contributed by atoms with Crippen molar-refractivity contribution in [2.75, 3.05) is 0 Å². The Morgan fingerprint density at radius 3 is 2.50 bits per heavy atom. The summed E-state index contributed by atoms with van der Waals surface area (Å²) < 4.78 is 5.44. The molecule has 0 bridgehead atoms. The lowest BCUT2D eigenvalue weighted by molar-refractivity contribution is -0.150. The van der Waals surface area contributed by atoms with E-state index in [1.54, 1.807) is 0 Å². The van der Waals surface area contributed by atoms with Crippen LogP contribution in [0.25, 0.3) is 0 Å². The van der Waals surface area contributed by atoms with Crippen LogP contribution < -0.4 is 0 Å². The molecule has 0 aromatic heterocycles. The van der Waals surface area contributed by atoms with Gasteiger partial charge < -0.3 is 4.74 Å². The van der Waals surface area contributed by atoms with Crippen LogP contribution in [0, 0.1) is 11.3 Å². The van der Waals surface area contributed by atoms with Crippen LogP contribution in [0.4, 0.5) is 0 Å². The molecule has 0 heterocycles. The van der Waals surface area contributed by atoms with Gasteiger partial charge >= 0.3 is 5.97 Å². The average molecular weight is 274 g/mol. The van der Waals surface area contributed by atoms with E-state index >= 15 is 0 Å². The molecule has 0 aliphatic heterocycles. The first-order valence-corrected chi connectivity index (χ1v) is 7.80. The number of rotatable bonds is 5. The predicted molar refractivity (Wildman–Crippen MR) is 81.2 cm³/mol. The summed E-state index contributed by atoms with van der Waals surface area (Å²) in [6.45, 7) is 4.72. The van der Waals surface area contributed by atoms with E-state index in [1.165, 1.54) is 32.1 Å². The minimum atomic E-state index is -0.0550. The van der Waals surface area contributed by atoms with Crippen molar-refractivity contribution in [2.45, 2.75) is 59.0 Å². The molecular formula is C18H26O2. The molecular weight excluding hydrogens is 248 g/mol. The van der Waals surface area contributed by atoms with Crippen molar-refractivity contribution >= 4 is 5.97 Å². The SMILES string of the molecule is C[C@@H](CC1(C)CCCCC1)C(=O)OCc1ccccc1. The van der Waals surface area contributed by atoms with Crippen molar-refractivity contribution < 1.29 is 9.53 Å². The zero-order chi connectivity index (χ0) is 14.4. The molecule has 0 amide bonds. The van der Waals surface area contributed by atoms with E-state index in [2.05, 4.69) is 6.92 Å². The van der Waals surface area contributed by atoms with Crippen LogP contribution in [-0.4, -0.2) is 5.97 Å². The summed E-state index contributed by atoms with van der Waals surface area (Å²) in [7, 11) is 0. The fourth-order valence-electron chi connectivity index (χ4n) is 3.30. The molecule has 1 saturated carbocycles. The van der Waals surface area contributed by atoms with Gasteiger partial charge in [0.25, 0.3) is 0 Å². The highest BCUT2D eigenvalue weighted by Gasteiger charge is 2.31. The Labute approximate surface area is 122 Å². The van der Waals surface area contributed by atoms with Crippen LogP contribution >= 0.6 is 0 Å². The molecule has 110 valence electrons. The highest BCUT2D eigenvalue weighted by atomic mass is 16.5. The predicted octanol–water partition coefficient (Wildman–Crippen LogP) is 4.73. The summed E-state index contributed by atoms with van der Waals surface area (Å²) in [6, 6.07) is 9.88. The summed E-state index contributed by atoms with van der Waals surface area (Å²) >= 11 is 0. The maximum absolute atomic E-state index is 12.1. The summed E-state index contributed by atoms with van der Waals surface area (Å²) in [5, 5.41) is 0. The molecule has 1 aliphatic carbocycles. The molecule has 0 spiro atoms. The van der Waals surface area contributed by atoms with E-state index in [1.807, 2.05) is 37.3 Å². The van der Waals surface area contributed by atoms with Crippen LogP contribution in [0.15, 0.2) is 30.3 Å². The lowest BCUT2D eigenvalue weighted by Gasteiger charge is -2.35. The van der Waals surface area contributed by atoms with Crippen molar-refractivity contribution in [3.8, 4) is 0 Å². The fraction of sp³-hybridized carbons (Fsp3) is 0.611. The van der Waals surface area contributed by atoms with Crippen molar-refractivity contribution in [3.05, 3.63) is 35.9 Å². The van der Waals surface area contributed by atoms with Crippen molar-refractivity contribution in [1.82, 2.24) is 0 Å². The third-order valence-electron chi connectivity index (χ3n) is 4.49. The summed E-state index contributed by atoms with van der Waals surface area (Å²) in [5.41, 5.74) is 1.39. The molecule has 0 N–H and O–H groups in total. The van der Waals surface area contributed by atoms with Gasteiger partial charge in [0.05, 0.1) is 5.92 Å². The van der Waals surface area contributed by atoms with E-state index in [-0.39, 0.29) is 11.9 Å². The lowest BCUT2D eigenvalue weighted by atomic mass is 9.71. The highest BCUT2D eigenvalue weighted by molar-refractivity contribution is 5.72. The smallest absolute Gasteiger partial charge is 0.309 e. The largest absolute Gasteiger partial charge is 0.461 e.